The molecular formula is C14H21NO2. The molecule has 4 atom stereocenters. The van der Waals surface area contributed by atoms with E-state index in [9.17, 15) is 5.11 Å². The van der Waals surface area contributed by atoms with Crippen molar-refractivity contribution >= 4 is 0 Å². The van der Waals surface area contributed by atoms with Gasteiger partial charge in [0.2, 0.25) is 0 Å². The second-order valence-corrected chi connectivity index (χ2v) is 4.78. The van der Waals surface area contributed by atoms with Gasteiger partial charge in [0, 0.05) is 25.2 Å². The van der Waals surface area contributed by atoms with Crippen LogP contribution in [0, 0.1) is 0 Å². The molecule has 3 nitrogen and oxygen atoms in total. The van der Waals surface area contributed by atoms with E-state index < -0.39 is 0 Å². The Bertz CT molecular complexity index is 341. The highest BCUT2D eigenvalue weighted by atomic mass is 16.3. The van der Waals surface area contributed by atoms with E-state index in [0.717, 1.165) is 6.54 Å². The number of aliphatic hydroxyl groups is 2. The molecule has 1 aliphatic rings. The lowest BCUT2D eigenvalue weighted by molar-refractivity contribution is 0.128. The highest BCUT2D eigenvalue weighted by Gasteiger charge is 2.42. The van der Waals surface area contributed by atoms with Crippen LogP contribution >= 0.6 is 0 Å². The van der Waals surface area contributed by atoms with Crippen LogP contribution in [0.15, 0.2) is 30.3 Å². The molecule has 0 radical (unpaired) electrons. The van der Waals surface area contributed by atoms with Gasteiger partial charge in [-0.2, -0.15) is 0 Å². The van der Waals surface area contributed by atoms with Gasteiger partial charge in [0.15, 0.2) is 0 Å². The maximum atomic E-state index is 9.93. The van der Waals surface area contributed by atoms with Crippen LogP contribution in [0.25, 0.3) is 0 Å². The van der Waals surface area contributed by atoms with E-state index >= 15 is 0 Å². The fourth-order valence-electron chi connectivity index (χ4n) is 2.37. The van der Waals surface area contributed by atoms with Gasteiger partial charge in [0.25, 0.3) is 0 Å². The molecule has 1 aromatic rings. The first kappa shape index (κ1) is 12.6. The zero-order valence-corrected chi connectivity index (χ0v) is 10.3. The van der Waals surface area contributed by atoms with E-state index in [4.69, 9.17) is 5.11 Å². The number of rotatable bonds is 6. The lowest BCUT2D eigenvalue weighted by Gasteiger charge is -2.16. The topological polar surface area (TPSA) is 43.5 Å². The highest BCUT2D eigenvalue weighted by Crippen LogP contribution is 2.34. The van der Waals surface area contributed by atoms with Gasteiger partial charge in [-0.1, -0.05) is 30.3 Å². The van der Waals surface area contributed by atoms with Gasteiger partial charge < -0.3 is 10.2 Å². The molecule has 94 valence electrons. The first-order chi connectivity index (χ1) is 8.24. The van der Waals surface area contributed by atoms with Gasteiger partial charge in [-0.05, 0) is 25.3 Å². The Morgan fingerprint density at radius 2 is 2.06 bits per heavy atom. The fourth-order valence-corrected chi connectivity index (χ4v) is 2.37. The minimum absolute atomic E-state index is 0.165. The summed E-state index contributed by atoms with van der Waals surface area (Å²) in [7, 11) is 0. The molecule has 3 heteroatoms. The van der Waals surface area contributed by atoms with Gasteiger partial charge in [-0.3, -0.25) is 4.90 Å². The van der Waals surface area contributed by atoms with E-state index in [0.29, 0.717) is 18.9 Å². The smallest absolute Gasteiger partial charge is 0.0708 e. The Morgan fingerprint density at radius 1 is 1.35 bits per heavy atom. The lowest BCUT2D eigenvalue weighted by atomic mass is 10.1. The van der Waals surface area contributed by atoms with Crippen LogP contribution in [0.2, 0.25) is 0 Å². The van der Waals surface area contributed by atoms with Crippen LogP contribution in [0.4, 0.5) is 0 Å². The molecule has 1 heterocycles. The van der Waals surface area contributed by atoms with Crippen molar-refractivity contribution in [2.75, 3.05) is 13.2 Å². The summed E-state index contributed by atoms with van der Waals surface area (Å²) in [6.45, 7) is 3.30. The van der Waals surface area contributed by atoms with Crippen LogP contribution in [0.1, 0.15) is 31.4 Å². The zero-order valence-electron chi connectivity index (χ0n) is 10.3. The van der Waals surface area contributed by atoms with Gasteiger partial charge in [0.1, 0.15) is 0 Å². The van der Waals surface area contributed by atoms with Crippen molar-refractivity contribution in [3.8, 4) is 0 Å². The Hall–Kier alpha value is -0.900. The fraction of sp³-hybridized carbons (Fsp3) is 0.571. The summed E-state index contributed by atoms with van der Waals surface area (Å²) >= 11 is 0. The molecule has 1 unspecified atom stereocenters. The molecule has 0 spiro atoms. The lowest BCUT2D eigenvalue weighted by Crippen LogP contribution is -2.21. The highest BCUT2D eigenvalue weighted by molar-refractivity contribution is 5.20. The molecule has 1 saturated heterocycles. The third-order valence-corrected chi connectivity index (χ3v) is 3.57. The van der Waals surface area contributed by atoms with Gasteiger partial charge in [0.05, 0.1) is 6.10 Å². The molecule has 1 aromatic carbocycles. The van der Waals surface area contributed by atoms with Crippen molar-refractivity contribution < 1.29 is 10.2 Å². The monoisotopic (exact) mass is 235 g/mol. The molecule has 0 amide bonds. The van der Waals surface area contributed by atoms with Crippen LogP contribution in [0.5, 0.6) is 0 Å². The minimum atomic E-state index is -0.298. The first-order valence-corrected chi connectivity index (χ1v) is 6.33. The molecule has 2 rings (SSSR count). The summed E-state index contributed by atoms with van der Waals surface area (Å²) < 4.78 is 0. The summed E-state index contributed by atoms with van der Waals surface area (Å²) in [5.41, 5.74) is 1.30. The Kier molecular flexibility index (Phi) is 4.15. The molecule has 1 fully saturated rings. The normalized spacial score (nSPS) is 26.5. The largest absolute Gasteiger partial charge is 0.396 e. The van der Waals surface area contributed by atoms with E-state index in [1.54, 1.807) is 0 Å². The quantitative estimate of drug-likeness (QED) is 0.735. The van der Waals surface area contributed by atoms with Crippen molar-refractivity contribution in [2.24, 2.45) is 0 Å². The standard InChI is InChI=1S/C14H21NO2/c1-11(12-6-3-2-4-7-12)15-10-13(15)14(17)8-5-9-16/h2-4,6-7,11,13-14,16-17H,5,8-10H2,1H3/t11-,13+,14-,15?/m1/s1. The maximum Gasteiger partial charge on any atom is 0.0708 e. The van der Waals surface area contributed by atoms with Gasteiger partial charge in [-0.15, -0.1) is 0 Å². The van der Waals surface area contributed by atoms with E-state index in [1.165, 1.54) is 5.56 Å². The number of aliphatic hydroxyl groups excluding tert-OH is 2. The molecule has 2 N–H and O–H groups in total. The zero-order chi connectivity index (χ0) is 12.3. The SMILES string of the molecule is C[C@H](c1ccccc1)N1C[C@H]1[C@H](O)CCCO. The van der Waals surface area contributed by atoms with E-state index in [2.05, 4.69) is 24.0 Å². The van der Waals surface area contributed by atoms with E-state index in [-0.39, 0.29) is 18.8 Å². The van der Waals surface area contributed by atoms with Crippen LogP contribution in [-0.4, -0.2) is 40.4 Å². The predicted octanol–water partition coefficient (Wildman–Crippen LogP) is 1.57. The summed E-state index contributed by atoms with van der Waals surface area (Å²) in [6, 6.07) is 11.0. The third kappa shape index (κ3) is 3.06. The Balaban J connectivity index is 1.86. The second-order valence-electron chi connectivity index (χ2n) is 4.78. The number of hydrogen-bond donors (Lipinski definition) is 2. The molecule has 0 aromatic heterocycles. The summed E-state index contributed by atoms with van der Waals surface area (Å²) in [5.74, 6) is 0. The predicted molar refractivity (Wildman–Crippen MR) is 67.7 cm³/mol. The van der Waals surface area contributed by atoms with Crippen molar-refractivity contribution in [1.29, 1.82) is 0 Å². The van der Waals surface area contributed by atoms with Crippen LogP contribution in [0.3, 0.4) is 0 Å². The van der Waals surface area contributed by atoms with Crippen LogP contribution < -0.4 is 0 Å². The Morgan fingerprint density at radius 3 is 2.71 bits per heavy atom. The second kappa shape index (κ2) is 5.63. The summed E-state index contributed by atoms with van der Waals surface area (Å²) in [5, 5.41) is 18.7. The average molecular weight is 235 g/mol. The van der Waals surface area contributed by atoms with Gasteiger partial charge in [-0.25, -0.2) is 0 Å². The minimum Gasteiger partial charge on any atom is -0.396 e. The van der Waals surface area contributed by atoms with Crippen molar-refractivity contribution in [1.82, 2.24) is 4.90 Å². The molecule has 17 heavy (non-hydrogen) atoms. The van der Waals surface area contributed by atoms with Crippen molar-refractivity contribution in [3.05, 3.63) is 35.9 Å². The number of nitrogens with zero attached hydrogens (tertiary/aromatic N) is 1. The number of hydrogen-bond acceptors (Lipinski definition) is 3. The first-order valence-electron chi connectivity index (χ1n) is 6.33. The molecule has 0 aliphatic carbocycles. The third-order valence-electron chi connectivity index (χ3n) is 3.57. The number of benzene rings is 1. The van der Waals surface area contributed by atoms with Crippen molar-refractivity contribution in [3.63, 3.8) is 0 Å². The van der Waals surface area contributed by atoms with E-state index in [1.807, 2.05) is 18.2 Å². The summed E-state index contributed by atoms with van der Waals surface area (Å²) in [6.07, 6.45) is 1.08. The molecular weight excluding hydrogens is 214 g/mol. The average Bonchev–Trinajstić information content (AvgIpc) is 3.16. The Labute approximate surface area is 103 Å². The molecule has 1 aliphatic heterocycles. The summed E-state index contributed by atoms with van der Waals surface area (Å²) in [4.78, 5) is 2.30. The maximum absolute atomic E-state index is 9.93. The van der Waals surface area contributed by atoms with Gasteiger partial charge >= 0.3 is 0 Å². The molecule has 0 bridgehead atoms. The van der Waals surface area contributed by atoms with Crippen LogP contribution in [-0.2, 0) is 0 Å². The van der Waals surface area contributed by atoms with Crippen molar-refractivity contribution in [2.45, 2.75) is 38.0 Å². The molecule has 0 saturated carbocycles.